The number of piperidine rings is 1. The minimum Gasteiger partial charge on any atom is -0.492 e. The van der Waals surface area contributed by atoms with Crippen molar-refractivity contribution < 1.29 is 14.3 Å². The van der Waals surface area contributed by atoms with E-state index in [2.05, 4.69) is 27.0 Å². The molecule has 2 N–H and O–H groups in total. The van der Waals surface area contributed by atoms with E-state index in [-0.39, 0.29) is 11.8 Å². The molecule has 2 amide bonds. The summed E-state index contributed by atoms with van der Waals surface area (Å²) in [6.07, 6.45) is 5.29. The number of nitrogens with zero attached hydrogens (tertiary/aromatic N) is 4. The van der Waals surface area contributed by atoms with E-state index in [1.54, 1.807) is 13.1 Å². The molecule has 8 heteroatoms. The summed E-state index contributed by atoms with van der Waals surface area (Å²) in [7, 11) is 0. The van der Waals surface area contributed by atoms with Gasteiger partial charge in [0.15, 0.2) is 0 Å². The molecule has 0 radical (unpaired) electrons. The molecule has 2 saturated heterocycles. The van der Waals surface area contributed by atoms with Crippen LogP contribution in [0, 0.1) is 6.92 Å². The Morgan fingerprint density at radius 3 is 2.72 bits per heavy atom. The highest BCUT2D eigenvalue weighted by atomic mass is 16.5. The van der Waals surface area contributed by atoms with Crippen LogP contribution in [0.1, 0.15) is 59.0 Å². The van der Waals surface area contributed by atoms with Crippen LogP contribution in [0.15, 0.2) is 30.5 Å². The second-order valence-electron chi connectivity index (χ2n) is 8.64. The van der Waals surface area contributed by atoms with Gasteiger partial charge in [-0.1, -0.05) is 12.1 Å². The Kier molecular flexibility index (Phi) is 6.99. The number of benzene rings is 1. The quantitative estimate of drug-likeness (QED) is 0.680. The highest BCUT2D eigenvalue weighted by molar-refractivity contribution is 5.93. The summed E-state index contributed by atoms with van der Waals surface area (Å²) < 4.78 is 5.82. The molecule has 0 saturated carbocycles. The molecule has 2 aromatic rings. The van der Waals surface area contributed by atoms with Crippen LogP contribution in [0.25, 0.3) is 0 Å². The number of ether oxygens (including phenoxy) is 1. The molecule has 2 aliphatic rings. The molecule has 2 aliphatic heterocycles. The number of aryl methyl sites for hydroxylation is 1. The van der Waals surface area contributed by atoms with Gasteiger partial charge in [-0.25, -0.2) is 9.97 Å². The molecule has 2 fully saturated rings. The predicted octanol–water partition coefficient (Wildman–Crippen LogP) is 2.26. The molecule has 0 bridgehead atoms. The number of carbonyl (C=O) groups excluding carboxylic acids is 2. The van der Waals surface area contributed by atoms with Crippen molar-refractivity contribution in [1.82, 2.24) is 19.8 Å². The first kappa shape index (κ1) is 22.2. The van der Waals surface area contributed by atoms with Gasteiger partial charge >= 0.3 is 0 Å². The monoisotopic (exact) mass is 437 g/mol. The number of carbonyl (C=O) groups is 2. The molecule has 1 atom stereocenters. The first-order chi connectivity index (χ1) is 15.5. The van der Waals surface area contributed by atoms with Crippen LogP contribution in [0.3, 0.4) is 0 Å². The second-order valence-corrected chi connectivity index (χ2v) is 8.64. The maximum Gasteiger partial charge on any atom is 0.252 e. The molecule has 1 aromatic heterocycles. The van der Waals surface area contributed by atoms with Gasteiger partial charge in [-0.05, 0) is 50.4 Å². The summed E-state index contributed by atoms with van der Waals surface area (Å²) in [4.78, 5) is 36.4. The van der Waals surface area contributed by atoms with Gasteiger partial charge in [0.25, 0.3) is 5.91 Å². The van der Waals surface area contributed by atoms with E-state index in [1.807, 2.05) is 17.0 Å². The second kappa shape index (κ2) is 10.1. The molecule has 170 valence electrons. The van der Waals surface area contributed by atoms with Gasteiger partial charge in [0.2, 0.25) is 5.91 Å². The molecule has 0 unspecified atom stereocenters. The highest BCUT2D eigenvalue weighted by Crippen LogP contribution is 2.26. The van der Waals surface area contributed by atoms with Crippen molar-refractivity contribution in [1.29, 1.82) is 0 Å². The van der Waals surface area contributed by atoms with Crippen molar-refractivity contribution in [2.45, 2.75) is 45.1 Å². The zero-order valence-corrected chi connectivity index (χ0v) is 18.6. The lowest BCUT2D eigenvalue weighted by Gasteiger charge is -2.32. The number of likely N-dealkylation sites (tertiary alicyclic amines) is 2. The van der Waals surface area contributed by atoms with Crippen LogP contribution in [0.2, 0.25) is 0 Å². The van der Waals surface area contributed by atoms with Gasteiger partial charge < -0.3 is 15.4 Å². The minimum atomic E-state index is -0.490. The van der Waals surface area contributed by atoms with E-state index in [9.17, 15) is 9.59 Å². The van der Waals surface area contributed by atoms with E-state index < -0.39 is 5.91 Å². The van der Waals surface area contributed by atoms with E-state index in [1.165, 1.54) is 5.56 Å². The summed E-state index contributed by atoms with van der Waals surface area (Å²) >= 11 is 0. The zero-order valence-electron chi connectivity index (χ0n) is 18.6. The average molecular weight is 438 g/mol. The van der Waals surface area contributed by atoms with Gasteiger partial charge in [-0.15, -0.1) is 0 Å². The Morgan fingerprint density at radius 1 is 1.22 bits per heavy atom. The normalized spacial score (nSPS) is 19.3. The Bertz CT molecular complexity index is 963. The summed E-state index contributed by atoms with van der Waals surface area (Å²) in [5, 5.41) is 0. The van der Waals surface area contributed by atoms with Crippen LogP contribution in [0.5, 0.6) is 5.75 Å². The van der Waals surface area contributed by atoms with Crippen molar-refractivity contribution >= 4 is 11.8 Å². The number of hydrogen-bond donors (Lipinski definition) is 1. The van der Waals surface area contributed by atoms with Crippen LogP contribution in [-0.4, -0.2) is 64.4 Å². The first-order valence-electron chi connectivity index (χ1n) is 11.3. The topological polar surface area (TPSA) is 102 Å². The van der Waals surface area contributed by atoms with E-state index in [0.29, 0.717) is 30.8 Å². The highest BCUT2D eigenvalue weighted by Gasteiger charge is 2.24. The van der Waals surface area contributed by atoms with Gasteiger partial charge in [0.1, 0.15) is 18.2 Å². The van der Waals surface area contributed by atoms with Gasteiger partial charge in [-0.3, -0.25) is 14.5 Å². The number of rotatable bonds is 8. The third-order valence-corrected chi connectivity index (χ3v) is 6.26. The standard InChI is InChI=1S/C24H31N5O3/c1-17-21(23(25)31)14-26-24(27-17)19-4-2-10-28(16-19)15-18-6-8-20(9-7-18)32-13-12-29-11-3-5-22(29)30/h6-9,14,19H,2-5,10-13,15-16H2,1H3,(H2,25,31)/t19-/m1/s1. The fourth-order valence-electron chi connectivity index (χ4n) is 4.50. The van der Waals surface area contributed by atoms with Crippen LogP contribution >= 0.6 is 0 Å². The lowest BCUT2D eigenvalue weighted by molar-refractivity contribution is -0.128. The van der Waals surface area contributed by atoms with E-state index >= 15 is 0 Å². The molecule has 0 aliphatic carbocycles. The lowest BCUT2D eigenvalue weighted by atomic mass is 9.96. The molecule has 32 heavy (non-hydrogen) atoms. The average Bonchev–Trinajstić information content (AvgIpc) is 3.19. The third kappa shape index (κ3) is 5.43. The zero-order chi connectivity index (χ0) is 22.5. The Balaban J connectivity index is 1.28. The Labute approximate surface area is 188 Å². The lowest BCUT2D eigenvalue weighted by Crippen LogP contribution is -2.34. The maximum absolute atomic E-state index is 11.7. The third-order valence-electron chi connectivity index (χ3n) is 6.26. The number of primary amides is 1. The van der Waals surface area contributed by atoms with Crippen molar-refractivity contribution in [2.75, 3.05) is 32.8 Å². The summed E-state index contributed by atoms with van der Waals surface area (Å²) in [5.41, 5.74) is 7.63. The Hall–Kier alpha value is -3.00. The van der Waals surface area contributed by atoms with Crippen LogP contribution < -0.4 is 10.5 Å². The minimum absolute atomic E-state index is 0.230. The van der Waals surface area contributed by atoms with Crippen molar-refractivity contribution in [3.63, 3.8) is 0 Å². The van der Waals surface area contributed by atoms with Gasteiger partial charge in [0.05, 0.1) is 17.8 Å². The molecule has 3 heterocycles. The van der Waals surface area contributed by atoms with E-state index in [4.69, 9.17) is 10.5 Å². The van der Waals surface area contributed by atoms with Crippen molar-refractivity contribution in [3.05, 3.63) is 53.1 Å². The SMILES string of the molecule is Cc1nc([C@@H]2CCCN(Cc3ccc(OCCN4CCCC4=O)cc3)C2)ncc1C(N)=O. The molecule has 0 spiro atoms. The molecular formula is C24H31N5O3. The molecule has 4 rings (SSSR count). The molecular weight excluding hydrogens is 406 g/mol. The number of nitrogens with two attached hydrogens (primary N) is 1. The maximum atomic E-state index is 11.7. The first-order valence-corrected chi connectivity index (χ1v) is 11.3. The number of aromatic nitrogens is 2. The largest absolute Gasteiger partial charge is 0.492 e. The summed E-state index contributed by atoms with van der Waals surface area (Å²) in [6, 6.07) is 8.19. The smallest absolute Gasteiger partial charge is 0.252 e. The fourth-order valence-corrected chi connectivity index (χ4v) is 4.50. The number of amides is 2. The molecule has 1 aromatic carbocycles. The van der Waals surface area contributed by atoms with Crippen LogP contribution in [-0.2, 0) is 11.3 Å². The van der Waals surface area contributed by atoms with E-state index in [0.717, 1.165) is 57.0 Å². The van der Waals surface area contributed by atoms with Crippen molar-refractivity contribution in [3.8, 4) is 5.75 Å². The molecule has 8 nitrogen and oxygen atoms in total. The van der Waals surface area contributed by atoms with Gasteiger partial charge in [0, 0.05) is 38.2 Å². The fraction of sp³-hybridized carbons (Fsp3) is 0.500. The predicted molar refractivity (Wildman–Crippen MR) is 120 cm³/mol. The number of hydrogen-bond acceptors (Lipinski definition) is 6. The van der Waals surface area contributed by atoms with Crippen LogP contribution in [0.4, 0.5) is 0 Å². The van der Waals surface area contributed by atoms with Gasteiger partial charge in [-0.2, -0.15) is 0 Å². The van der Waals surface area contributed by atoms with Crippen molar-refractivity contribution in [2.24, 2.45) is 5.73 Å². The summed E-state index contributed by atoms with van der Waals surface area (Å²) in [5.74, 6) is 1.61. The Morgan fingerprint density at radius 2 is 2.03 bits per heavy atom. The summed E-state index contributed by atoms with van der Waals surface area (Å²) in [6.45, 7) is 6.60.